The first-order chi connectivity index (χ1) is 13.1. The molecule has 1 heterocycles. The summed E-state index contributed by atoms with van der Waals surface area (Å²) in [5, 5.41) is 9.73. The SMILES string of the molecule is CCOC(=O)C1=C(C)OC(N)=C(C#N)C1c1ccccc1-c1ccccc1. The van der Waals surface area contributed by atoms with Crippen molar-refractivity contribution in [2.45, 2.75) is 19.8 Å². The Morgan fingerprint density at radius 2 is 1.85 bits per heavy atom. The van der Waals surface area contributed by atoms with E-state index >= 15 is 0 Å². The molecule has 0 amide bonds. The maximum absolute atomic E-state index is 12.7. The van der Waals surface area contributed by atoms with Gasteiger partial charge in [-0.1, -0.05) is 54.6 Å². The molecule has 0 saturated heterocycles. The summed E-state index contributed by atoms with van der Waals surface area (Å²) in [5.41, 5.74) is 9.18. The van der Waals surface area contributed by atoms with Crippen molar-refractivity contribution in [2.75, 3.05) is 6.61 Å². The number of carbonyl (C=O) groups excluding carboxylic acids is 1. The molecule has 0 spiro atoms. The van der Waals surface area contributed by atoms with Gasteiger partial charge in [0, 0.05) is 0 Å². The molecule has 1 aliphatic rings. The largest absolute Gasteiger partial charge is 0.463 e. The predicted molar refractivity (Wildman–Crippen MR) is 102 cm³/mol. The van der Waals surface area contributed by atoms with Gasteiger partial charge in [-0.15, -0.1) is 0 Å². The van der Waals surface area contributed by atoms with E-state index in [1.807, 2.05) is 54.6 Å². The molecule has 5 nitrogen and oxygen atoms in total. The first kappa shape index (κ1) is 18.3. The van der Waals surface area contributed by atoms with Crippen molar-refractivity contribution in [3.8, 4) is 17.2 Å². The molecular formula is C22H20N2O3. The van der Waals surface area contributed by atoms with E-state index in [9.17, 15) is 10.1 Å². The van der Waals surface area contributed by atoms with Gasteiger partial charge in [-0.3, -0.25) is 0 Å². The van der Waals surface area contributed by atoms with E-state index in [1.54, 1.807) is 13.8 Å². The average molecular weight is 360 g/mol. The summed E-state index contributed by atoms with van der Waals surface area (Å²) in [5.74, 6) is -0.809. The van der Waals surface area contributed by atoms with Crippen LogP contribution in [0, 0.1) is 11.3 Å². The van der Waals surface area contributed by atoms with Gasteiger partial charge in [-0.2, -0.15) is 5.26 Å². The van der Waals surface area contributed by atoms with Crippen LogP contribution in [-0.2, 0) is 14.3 Å². The number of carbonyl (C=O) groups is 1. The lowest BCUT2D eigenvalue weighted by molar-refractivity contribution is -0.139. The van der Waals surface area contributed by atoms with Crippen LogP contribution < -0.4 is 5.73 Å². The number of nitrogens with two attached hydrogens (primary N) is 1. The summed E-state index contributed by atoms with van der Waals surface area (Å²) in [4.78, 5) is 12.7. The second-order valence-corrected chi connectivity index (χ2v) is 6.07. The lowest BCUT2D eigenvalue weighted by Gasteiger charge is -2.28. The standard InChI is InChI=1S/C22H20N2O3/c1-3-26-22(25)19-14(2)27-21(24)18(13-23)20(19)17-12-8-7-11-16(17)15-9-5-4-6-10-15/h4-12,20H,3,24H2,1-2H3. The van der Waals surface area contributed by atoms with Crippen molar-refractivity contribution < 1.29 is 14.3 Å². The highest BCUT2D eigenvalue weighted by atomic mass is 16.5. The van der Waals surface area contributed by atoms with Crippen molar-refractivity contribution in [1.29, 1.82) is 5.26 Å². The molecule has 0 bridgehead atoms. The van der Waals surface area contributed by atoms with Gasteiger partial charge in [0.25, 0.3) is 0 Å². The molecule has 2 aromatic rings. The lowest BCUT2D eigenvalue weighted by Crippen LogP contribution is -2.25. The Kier molecular flexibility index (Phi) is 5.28. The van der Waals surface area contributed by atoms with Crippen molar-refractivity contribution in [3.05, 3.63) is 82.9 Å². The number of nitrogens with zero attached hydrogens (tertiary/aromatic N) is 1. The van der Waals surface area contributed by atoms with E-state index in [0.29, 0.717) is 11.3 Å². The second kappa shape index (κ2) is 7.79. The summed E-state index contributed by atoms with van der Waals surface area (Å²) >= 11 is 0. The molecule has 0 saturated carbocycles. The Morgan fingerprint density at radius 3 is 2.52 bits per heavy atom. The van der Waals surface area contributed by atoms with Crippen LogP contribution in [-0.4, -0.2) is 12.6 Å². The average Bonchev–Trinajstić information content (AvgIpc) is 2.68. The number of ether oxygens (including phenoxy) is 2. The van der Waals surface area contributed by atoms with Gasteiger partial charge in [0.2, 0.25) is 5.88 Å². The molecule has 0 fully saturated rings. The molecule has 3 rings (SSSR count). The van der Waals surface area contributed by atoms with Crippen LogP contribution in [0.15, 0.2) is 77.4 Å². The summed E-state index contributed by atoms with van der Waals surface area (Å²) in [6.07, 6.45) is 0. The van der Waals surface area contributed by atoms with E-state index in [4.69, 9.17) is 15.2 Å². The molecule has 1 atom stereocenters. The molecule has 5 heteroatoms. The van der Waals surface area contributed by atoms with Gasteiger partial charge < -0.3 is 15.2 Å². The number of rotatable bonds is 4. The molecule has 2 N–H and O–H groups in total. The maximum atomic E-state index is 12.7. The number of allylic oxidation sites excluding steroid dienone is 2. The quantitative estimate of drug-likeness (QED) is 0.833. The van der Waals surface area contributed by atoms with E-state index in [0.717, 1.165) is 16.7 Å². The third kappa shape index (κ3) is 3.42. The molecule has 27 heavy (non-hydrogen) atoms. The van der Waals surface area contributed by atoms with Crippen molar-refractivity contribution in [1.82, 2.24) is 0 Å². The molecule has 0 aromatic heterocycles. The number of benzene rings is 2. The molecular weight excluding hydrogens is 340 g/mol. The Morgan fingerprint density at radius 1 is 1.19 bits per heavy atom. The van der Waals surface area contributed by atoms with Crippen molar-refractivity contribution in [2.24, 2.45) is 5.73 Å². The zero-order chi connectivity index (χ0) is 19.4. The fraction of sp³-hybridized carbons (Fsp3) is 0.182. The van der Waals surface area contributed by atoms with Crippen LogP contribution in [0.5, 0.6) is 0 Å². The first-order valence-electron chi connectivity index (χ1n) is 8.68. The van der Waals surface area contributed by atoms with Crippen LogP contribution in [0.1, 0.15) is 25.3 Å². The molecule has 1 unspecified atom stereocenters. The predicted octanol–water partition coefficient (Wildman–Crippen LogP) is 4.00. The fourth-order valence-corrected chi connectivity index (χ4v) is 3.30. The minimum absolute atomic E-state index is 0.0101. The van der Waals surface area contributed by atoms with Gasteiger partial charge in [-0.25, -0.2) is 4.79 Å². The van der Waals surface area contributed by atoms with E-state index < -0.39 is 11.9 Å². The van der Waals surface area contributed by atoms with E-state index in [1.165, 1.54) is 0 Å². The van der Waals surface area contributed by atoms with E-state index in [2.05, 4.69) is 6.07 Å². The van der Waals surface area contributed by atoms with Gasteiger partial charge in [0.1, 0.15) is 17.4 Å². The molecule has 1 aliphatic heterocycles. The zero-order valence-electron chi connectivity index (χ0n) is 15.2. The molecule has 0 aliphatic carbocycles. The van der Waals surface area contributed by atoms with Gasteiger partial charge in [0.15, 0.2) is 0 Å². The second-order valence-electron chi connectivity index (χ2n) is 6.07. The number of nitriles is 1. The lowest BCUT2D eigenvalue weighted by atomic mass is 9.79. The Balaban J connectivity index is 2.24. The van der Waals surface area contributed by atoms with Crippen LogP contribution in [0.25, 0.3) is 11.1 Å². The highest BCUT2D eigenvalue weighted by molar-refractivity contribution is 5.93. The van der Waals surface area contributed by atoms with Crippen LogP contribution >= 0.6 is 0 Å². The van der Waals surface area contributed by atoms with Crippen LogP contribution in [0.2, 0.25) is 0 Å². The fourth-order valence-electron chi connectivity index (χ4n) is 3.30. The Hall–Kier alpha value is -3.52. The van der Waals surface area contributed by atoms with Gasteiger partial charge >= 0.3 is 5.97 Å². The maximum Gasteiger partial charge on any atom is 0.338 e. The van der Waals surface area contributed by atoms with E-state index in [-0.39, 0.29) is 18.1 Å². The summed E-state index contributed by atoms with van der Waals surface area (Å²) in [6, 6.07) is 19.6. The topological polar surface area (TPSA) is 85.3 Å². The normalized spacial score (nSPS) is 16.6. The zero-order valence-corrected chi connectivity index (χ0v) is 15.2. The first-order valence-corrected chi connectivity index (χ1v) is 8.68. The molecule has 0 radical (unpaired) electrons. The Bertz CT molecular complexity index is 969. The number of esters is 1. The van der Waals surface area contributed by atoms with Crippen LogP contribution in [0.4, 0.5) is 0 Å². The number of hydrogen-bond donors (Lipinski definition) is 1. The summed E-state index contributed by atoms with van der Waals surface area (Å²) < 4.78 is 10.7. The van der Waals surface area contributed by atoms with Crippen molar-refractivity contribution >= 4 is 5.97 Å². The molecule has 2 aromatic carbocycles. The Labute approximate surface area is 158 Å². The minimum atomic E-state index is -0.654. The van der Waals surface area contributed by atoms with Gasteiger partial charge in [0.05, 0.1) is 18.1 Å². The number of hydrogen-bond acceptors (Lipinski definition) is 5. The third-order valence-electron chi connectivity index (χ3n) is 4.46. The highest BCUT2D eigenvalue weighted by Gasteiger charge is 2.37. The third-order valence-corrected chi connectivity index (χ3v) is 4.46. The smallest absolute Gasteiger partial charge is 0.338 e. The van der Waals surface area contributed by atoms with Crippen LogP contribution in [0.3, 0.4) is 0 Å². The van der Waals surface area contributed by atoms with Gasteiger partial charge in [-0.05, 0) is 30.5 Å². The summed E-state index contributed by atoms with van der Waals surface area (Å²) in [6.45, 7) is 3.62. The van der Waals surface area contributed by atoms with Crippen molar-refractivity contribution in [3.63, 3.8) is 0 Å². The summed E-state index contributed by atoms with van der Waals surface area (Å²) in [7, 11) is 0. The molecule has 136 valence electrons. The highest BCUT2D eigenvalue weighted by Crippen LogP contribution is 2.43. The minimum Gasteiger partial charge on any atom is -0.463 e. The monoisotopic (exact) mass is 360 g/mol.